The van der Waals surface area contributed by atoms with Crippen molar-refractivity contribution >= 4 is 17.5 Å². The van der Waals surface area contributed by atoms with Gasteiger partial charge in [0, 0.05) is 23.0 Å². The van der Waals surface area contributed by atoms with E-state index >= 15 is 0 Å². The Morgan fingerprint density at radius 3 is 2.55 bits per heavy atom. The van der Waals surface area contributed by atoms with Gasteiger partial charge < -0.3 is 9.80 Å². The molecule has 0 spiro atoms. The van der Waals surface area contributed by atoms with E-state index in [1.807, 2.05) is 23.1 Å². The second kappa shape index (κ2) is 6.90. The Hall–Kier alpha value is -1.91. The van der Waals surface area contributed by atoms with E-state index in [2.05, 4.69) is 17.1 Å². The molecule has 2 aromatic rings. The normalized spacial score (nSPS) is 15.8. The molecule has 4 nitrogen and oxygen atoms in total. The number of pyridine rings is 1. The number of piperazine rings is 1. The summed E-state index contributed by atoms with van der Waals surface area (Å²) in [5.41, 5.74) is 1.95. The van der Waals surface area contributed by atoms with Crippen molar-refractivity contribution in [2.45, 2.75) is 6.54 Å². The molecule has 22 heavy (non-hydrogen) atoms. The molecule has 0 unspecified atom stereocenters. The molecule has 1 aromatic carbocycles. The zero-order chi connectivity index (χ0) is 15.4. The molecule has 1 aromatic heterocycles. The predicted octanol–water partition coefficient (Wildman–Crippen LogP) is 1.28. The summed E-state index contributed by atoms with van der Waals surface area (Å²) in [6.45, 7) is 4.49. The first-order valence-electron chi connectivity index (χ1n) is 7.50. The van der Waals surface area contributed by atoms with Gasteiger partial charge in [0.25, 0.3) is 5.91 Å². The second-order valence-corrected chi connectivity index (χ2v) is 6.02. The van der Waals surface area contributed by atoms with Gasteiger partial charge in [0.15, 0.2) is 0 Å². The topological polar surface area (TPSA) is 37.6 Å². The standard InChI is InChI=1S/C17H18ClN3O/c18-16-5-3-14(4-6-16)13-20-8-10-21(11-9-20)17(22)15-2-1-7-19-12-15/h1-7,12H,8-11,13H2/p+1. The minimum atomic E-state index is 0.0821. The van der Waals surface area contributed by atoms with Crippen LogP contribution in [0.4, 0.5) is 0 Å². The summed E-state index contributed by atoms with van der Waals surface area (Å²) in [5.74, 6) is 0.0821. The number of hydrogen-bond acceptors (Lipinski definition) is 2. The molecular formula is C17H19ClN3O+. The molecule has 0 saturated carbocycles. The van der Waals surface area contributed by atoms with Gasteiger partial charge in [0.2, 0.25) is 0 Å². The number of nitrogens with zero attached hydrogens (tertiary/aromatic N) is 2. The zero-order valence-corrected chi connectivity index (χ0v) is 13.1. The third kappa shape index (κ3) is 3.64. The van der Waals surface area contributed by atoms with Crippen molar-refractivity contribution in [2.24, 2.45) is 0 Å². The fraction of sp³-hybridized carbons (Fsp3) is 0.294. The van der Waals surface area contributed by atoms with Crippen LogP contribution >= 0.6 is 11.6 Å². The van der Waals surface area contributed by atoms with Crippen molar-refractivity contribution in [2.75, 3.05) is 26.2 Å². The fourth-order valence-electron chi connectivity index (χ4n) is 2.77. The Labute approximate surface area is 135 Å². The first-order valence-corrected chi connectivity index (χ1v) is 7.87. The third-order valence-electron chi connectivity index (χ3n) is 4.03. The van der Waals surface area contributed by atoms with Gasteiger partial charge in [-0.25, -0.2) is 0 Å². The molecule has 1 fully saturated rings. The SMILES string of the molecule is O=C(c1cccnc1)N1CC[NH+](Cc2ccc(Cl)cc2)CC1. The van der Waals surface area contributed by atoms with Crippen LogP contribution < -0.4 is 4.90 Å². The fourth-order valence-corrected chi connectivity index (χ4v) is 2.89. The summed E-state index contributed by atoms with van der Waals surface area (Å²) in [5, 5.41) is 0.769. The predicted molar refractivity (Wildman–Crippen MR) is 86.0 cm³/mol. The molecule has 1 aliphatic rings. The van der Waals surface area contributed by atoms with E-state index in [9.17, 15) is 4.79 Å². The van der Waals surface area contributed by atoms with E-state index in [0.29, 0.717) is 5.56 Å². The van der Waals surface area contributed by atoms with Crippen LogP contribution in [0.3, 0.4) is 0 Å². The lowest BCUT2D eigenvalue weighted by atomic mass is 10.2. The number of hydrogen-bond donors (Lipinski definition) is 1. The van der Waals surface area contributed by atoms with Gasteiger partial charge in [0.05, 0.1) is 31.7 Å². The quantitative estimate of drug-likeness (QED) is 0.926. The first-order chi connectivity index (χ1) is 10.7. The highest BCUT2D eigenvalue weighted by molar-refractivity contribution is 6.30. The van der Waals surface area contributed by atoms with E-state index < -0.39 is 0 Å². The highest BCUT2D eigenvalue weighted by Gasteiger charge is 2.24. The smallest absolute Gasteiger partial charge is 0.255 e. The highest BCUT2D eigenvalue weighted by Crippen LogP contribution is 2.09. The number of benzene rings is 1. The van der Waals surface area contributed by atoms with Crippen LogP contribution in [0.5, 0.6) is 0 Å². The van der Waals surface area contributed by atoms with Crippen molar-refractivity contribution in [1.82, 2.24) is 9.88 Å². The minimum absolute atomic E-state index is 0.0821. The molecule has 5 heteroatoms. The molecule has 1 saturated heterocycles. The largest absolute Gasteiger partial charge is 0.328 e. The van der Waals surface area contributed by atoms with Gasteiger partial charge in [-0.2, -0.15) is 0 Å². The molecule has 114 valence electrons. The molecule has 3 rings (SSSR count). The molecular weight excluding hydrogens is 298 g/mol. The molecule has 1 N–H and O–H groups in total. The number of halogens is 1. The second-order valence-electron chi connectivity index (χ2n) is 5.59. The lowest BCUT2D eigenvalue weighted by Crippen LogP contribution is -3.13. The summed E-state index contributed by atoms with van der Waals surface area (Å²) in [6.07, 6.45) is 3.32. The number of rotatable bonds is 3. The van der Waals surface area contributed by atoms with Crippen molar-refractivity contribution in [1.29, 1.82) is 0 Å². The van der Waals surface area contributed by atoms with Gasteiger partial charge in [-0.15, -0.1) is 0 Å². The molecule has 0 radical (unpaired) electrons. The summed E-state index contributed by atoms with van der Waals surface area (Å²) in [7, 11) is 0. The zero-order valence-electron chi connectivity index (χ0n) is 12.3. The van der Waals surface area contributed by atoms with Crippen LogP contribution in [-0.4, -0.2) is 42.0 Å². The summed E-state index contributed by atoms with van der Waals surface area (Å²) >= 11 is 5.91. The van der Waals surface area contributed by atoms with Crippen LogP contribution in [0, 0.1) is 0 Å². The lowest BCUT2D eigenvalue weighted by molar-refractivity contribution is -0.917. The molecule has 0 atom stereocenters. The highest BCUT2D eigenvalue weighted by atomic mass is 35.5. The first kappa shape index (κ1) is 15.0. The van der Waals surface area contributed by atoms with Crippen molar-refractivity contribution < 1.29 is 9.69 Å². The molecule has 1 aliphatic heterocycles. The number of quaternary nitrogens is 1. The maximum atomic E-state index is 12.4. The van der Waals surface area contributed by atoms with Gasteiger partial charge in [-0.05, 0) is 24.3 Å². The van der Waals surface area contributed by atoms with Crippen LogP contribution in [0.2, 0.25) is 5.02 Å². The Balaban J connectivity index is 1.54. The van der Waals surface area contributed by atoms with Crippen LogP contribution in [0.1, 0.15) is 15.9 Å². The Morgan fingerprint density at radius 1 is 1.18 bits per heavy atom. The van der Waals surface area contributed by atoms with Crippen LogP contribution in [-0.2, 0) is 6.54 Å². The van der Waals surface area contributed by atoms with E-state index in [0.717, 1.165) is 37.7 Å². The summed E-state index contributed by atoms with van der Waals surface area (Å²) in [4.78, 5) is 19.8. The van der Waals surface area contributed by atoms with E-state index in [4.69, 9.17) is 11.6 Å². The van der Waals surface area contributed by atoms with Gasteiger partial charge in [-0.1, -0.05) is 23.7 Å². The van der Waals surface area contributed by atoms with Crippen molar-refractivity contribution in [3.8, 4) is 0 Å². The van der Waals surface area contributed by atoms with Crippen molar-refractivity contribution in [3.05, 3.63) is 64.9 Å². The van der Waals surface area contributed by atoms with Crippen molar-refractivity contribution in [3.63, 3.8) is 0 Å². The van der Waals surface area contributed by atoms with E-state index in [-0.39, 0.29) is 5.91 Å². The minimum Gasteiger partial charge on any atom is -0.328 e. The van der Waals surface area contributed by atoms with E-state index in [1.165, 1.54) is 10.5 Å². The Morgan fingerprint density at radius 2 is 1.91 bits per heavy atom. The van der Waals surface area contributed by atoms with E-state index in [1.54, 1.807) is 18.5 Å². The summed E-state index contributed by atoms with van der Waals surface area (Å²) in [6, 6.07) is 11.6. The number of carbonyl (C=O) groups excluding carboxylic acids is 1. The van der Waals surface area contributed by atoms with Gasteiger partial charge >= 0.3 is 0 Å². The number of aromatic nitrogens is 1. The third-order valence-corrected chi connectivity index (χ3v) is 4.29. The number of carbonyl (C=O) groups is 1. The average Bonchev–Trinajstić information content (AvgIpc) is 2.58. The molecule has 0 aliphatic carbocycles. The number of amides is 1. The molecule has 0 bridgehead atoms. The number of nitrogens with one attached hydrogen (secondary N) is 1. The van der Waals surface area contributed by atoms with Crippen LogP contribution in [0.15, 0.2) is 48.8 Å². The lowest BCUT2D eigenvalue weighted by Gasteiger charge is -2.32. The Kier molecular flexibility index (Phi) is 4.71. The van der Waals surface area contributed by atoms with Gasteiger partial charge in [-0.3, -0.25) is 9.78 Å². The average molecular weight is 317 g/mol. The molecule has 1 amide bonds. The monoisotopic (exact) mass is 316 g/mol. The maximum absolute atomic E-state index is 12.4. The maximum Gasteiger partial charge on any atom is 0.255 e. The summed E-state index contributed by atoms with van der Waals surface area (Å²) < 4.78 is 0. The van der Waals surface area contributed by atoms with Gasteiger partial charge in [0.1, 0.15) is 6.54 Å². The molecule has 2 heterocycles. The Bertz CT molecular complexity index is 622. The van der Waals surface area contributed by atoms with Crippen LogP contribution in [0.25, 0.3) is 0 Å².